The van der Waals surface area contributed by atoms with Crippen molar-refractivity contribution in [2.75, 3.05) is 11.8 Å². The van der Waals surface area contributed by atoms with Crippen LogP contribution in [0.15, 0.2) is 53.6 Å². The largest absolute Gasteiger partial charge is 0.755 e. The Kier molecular flexibility index (Phi) is 5.34. The quantitative estimate of drug-likeness (QED) is 0.816. The SMILES string of the molecule is COc1ccc(C2CC(c3ccc(NS(=O)[O-])cc3)=NN2C(C)=O)cc1. The minimum atomic E-state index is -2.36. The number of rotatable bonds is 5. The van der Waals surface area contributed by atoms with Crippen molar-refractivity contribution < 1.29 is 18.3 Å². The Morgan fingerprint density at radius 2 is 1.88 bits per heavy atom. The van der Waals surface area contributed by atoms with Crippen molar-refractivity contribution in [2.24, 2.45) is 5.10 Å². The van der Waals surface area contributed by atoms with Crippen molar-refractivity contribution in [1.82, 2.24) is 5.01 Å². The molecule has 0 spiro atoms. The van der Waals surface area contributed by atoms with E-state index >= 15 is 0 Å². The molecule has 8 heteroatoms. The molecule has 1 amide bonds. The summed E-state index contributed by atoms with van der Waals surface area (Å²) in [6.45, 7) is 1.49. The molecule has 1 aliphatic heterocycles. The van der Waals surface area contributed by atoms with Crippen LogP contribution in [0.1, 0.15) is 30.5 Å². The lowest BCUT2D eigenvalue weighted by Gasteiger charge is -2.20. The molecule has 1 N–H and O–H groups in total. The predicted molar refractivity (Wildman–Crippen MR) is 98.4 cm³/mol. The van der Waals surface area contributed by atoms with E-state index in [4.69, 9.17) is 4.74 Å². The van der Waals surface area contributed by atoms with Crippen LogP contribution in [0.3, 0.4) is 0 Å². The molecule has 2 atom stereocenters. The van der Waals surface area contributed by atoms with Crippen molar-refractivity contribution in [2.45, 2.75) is 19.4 Å². The first kappa shape index (κ1) is 18.1. The minimum absolute atomic E-state index is 0.138. The zero-order chi connectivity index (χ0) is 18.7. The molecule has 2 aromatic rings. The second kappa shape index (κ2) is 7.67. The summed E-state index contributed by atoms with van der Waals surface area (Å²) in [5.74, 6) is 0.613. The van der Waals surface area contributed by atoms with Crippen LogP contribution in [-0.4, -0.2) is 32.5 Å². The number of amides is 1. The molecule has 0 aliphatic carbocycles. The summed E-state index contributed by atoms with van der Waals surface area (Å²) in [7, 11) is 1.61. The second-order valence-corrected chi connectivity index (χ2v) is 6.49. The summed E-state index contributed by atoms with van der Waals surface area (Å²) >= 11 is -2.36. The summed E-state index contributed by atoms with van der Waals surface area (Å²) in [6.07, 6.45) is 0.576. The van der Waals surface area contributed by atoms with E-state index in [9.17, 15) is 13.6 Å². The number of ether oxygens (including phenoxy) is 1. The molecule has 0 fully saturated rings. The third-order valence-corrected chi connectivity index (χ3v) is 4.56. The maximum absolute atomic E-state index is 12.0. The molecule has 136 valence electrons. The Hall–Kier alpha value is -2.71. The second-order valence-electron chi connectivity index (χ2n) is 5.82. The smallest absolute Gasteiger partial charge is 0.240 e. The van der Waals surface area contributed by atoms with Crippen molar-refractivity contribution in [3.05, 3.63) is 59.7 Å². The van der Waals surface area contributed by atoms with E-state index in [1.807, 2.05) is 24.3 Å². The van der Waals surface area contributed by atoms with Crippen LogP contribution in [0.4, 0.5) is 5.69 Å². The molecular formula is C18H18N3O4S-. The molecule has 26 heavy (non-hydrogen) atoms. The number of carbonyl (C=O) groups excluding carboxylic acids is 1. The molecule has 1 heterocycles. The Balaban J connectivity index is 1.84. The van der Waals surface area contributed by atoms with Gasteiger partial charge in [-0.15, -0.1) is 0 Å². The van der Waals surface area contributed by atoms with Gasteiger partial charge in [0.15, 0.2) is 0 Å². The first-order chi connectivity index (χ1) is 12.5. The molecular weight excluding hydrogens is 354 g/mol. The van der Waals surface area contributed by atoms with E-state index in [1.165, 1.54) is 11.9 Å². The van der Waals surface area contributed by atoms with Crippen LogP contribution >= 0.6 is 0 Å². The summed E-state index contributed by atoms with van der Waals surface area (Å²) in [4.78, 5) is 12.0. The highest BCUT2D eigenvalue weighted by molar-refractivity contribution is 7.80. The topological polar surface area (TPSA) is 94.1 Å². The number of nitrogens with zero attached hydrogens (tertiary/aromatic N) is 2. The highest BCUT2D eigenvalue weighted by atomic mass is 32.2. The number of hydrazone groups is 1. The number of methoxy groups -OCH3 is 1. The van der Waals surface area contributed by atoms with Crippen LogP contribution < -0.4 is 9.46 Å². The highest BCUT2D eigenvalue weighted by Gasteiger charge is 2.31. The Morgan fingerprint density at radius 3 is 2.42 bits per heavy atom. The van der Waals surface area contributed by atoms with Gasteiger partial charge in [0.1, 0.15) is 5.75 Å². The third kappa shape index (κ3) is 3.92. The molecule has 0 bridgehead atoms. The van der Waals surface area contributed by atoms with Gasteiger partial charge in [-0.05, 0) is 35.4 Å². The van der Waals surface area contributed by atoms with E-state index in [-0.39, 0.29) is 11.9 Å². The van der Waals surface area contributed by atoms with Crippen LogP contribution in [0.5, 0.6) is 5.75 Å². The molecule has 3 rings (SSSR count). The molecule has 0 saturated heterocycles. The van der Waals surface area contributed by atoms with Gasteiger partial charge in [-0.25, -0.2) is 5.01 Å². The lowest BCUT2D eigenvalue weighted by molar-refractivity contribution is -0.130. The summed E-state index contributed by atoms with van der Waals surface area (Å²) in [5, 5.41) is 5.96. The number of benzene rings is 2. The van der Waals surface area contributed by atoms with Gasteiger partial charge in [0, 0.05) is 30.3 Å². The van der Waals surface area contributed by atoms with Gasteiger partial charge in [0.25, 0.3) is 0 Å². The number of nitrogens with one attached hydrogen (secondary N) is 1. The van der Waals surface area contributed by atoms with E-state index in [1.54, 1.807) is 31.4 Å². The van der Waals surface area contributed by atoms with Gasteiger partial charge in [-0.3, -0.25) is 9.00 Å². The molecule has 0 saturated carbocycles. The van der Waals surface area contributed by atoms with Gasteiger partial charge in [-0.2, -0.15) is 5.10 Å². The predicted octanol–water partition coefficient (Wildman–Crippen LogP) is 2.60. The molecule has 7 nitrogen and oxygen atoms in total. The van der Waals surface area contributed by atoms with Gasteiger partial charge in [-0.1, -0.05) is 24.3 Å². The van der Waals surface area contributed by atoms with E-state index < -0.39 is 11.3 Å². The number of hydrogen-bond acceptors (Lipinski definition) is 5. The Morgan fingerprint density at radius 1 is 1.23 bits per heavy atom. The Labute approximate surface area is 154 Å². The van der Waals surface area contributed by atoms with Crippen LogP contribution in [-0.2, 0) is 16.1 Å². The van der Waals surface area contributed by atoms with E-state index in [0.717, 1.165) is 22.6 Å². The summed E-state index contributed by atoms with van der Waals surface area (Å²) in [5.41, 5.74) is 3.06. The monoisotopic (exact) mass is 372 g/mol. The fourth-order valence-electron chi connectivity index (χ4n) is 2.89. The lowest BCUT2D eigenvalue weighted by atomic mass is 9.98. The third-order valence-electron chi connectivity index (χ3n) is 4.15. The van der Waals surface area contributed by atoms with E-state index in [0.29, 0.717) is 12.1 Å². The van der Waals surface area contributed by atoms with Gasteiger partial charge >= 0.3 is 0 Å². The lowest BCUT2D eigenvalue weighted by Crippen LogP contribution is -2.24. The molecule has 2 aromatic carbocycles. The summed E-state index contributed by atoms with van der Waals surface area (Å²) in [6, 6.07) is 14.3. The Bertz CT molecular complexity index is 850. The minimum Gasteiger partial charge on any atom is -0.755 e. The number of hydrogen-bond donors (Lipinski definition) is 1. The first-order valence-corrected chi connectivity index (χ1v) is 9.03. The molecule has 2 unspecified atom stereocenters. The van der Waals surface area contributed by atoms with Crippen LogP contribution in [0.2, 0.25) is 0 Å². The van der Waals surface area contributed by atoms with Crippen molar-refractivity contribution in [1.29, 1.82) is 0 Å². The first-order valence-electron chi connectivity index (χ1n) is 7.95. The van der Waals surface area contributed by atoms with Gasteiger partial charge in [0.2, 0.25) is 5.91 Å². The van der Waals surface area contributed by atoms with E-state index in [2.05, 4.69) is 9.82 Å². The van der Waals surface area contributed by atoms with Crippen LogP contribution in [0, 0.1) is 0 Å². The number of carbonyl (C=O) groups is 1. The van der Waals surface area contributed by atoms with Crippen molar-refractivity contribution in [3.8, 4) is 5.75 Å². The number of anilines is 1. The molecule has 0 radical (unpaired) electrons. The maximum atomic E-state index is 12.0. The van der Waals surface area contributed by atoms with Crippen molar-refractivity contribution in [3.63, 3.8) is 0 Å². The fraction of sp³-hybridized carbons (Fsp3) is 0.222. The normalized spacial score (nSPS) is 17.6. The average Bonchev–Trinajstić information content (AvgIpc) is 3.07. The van der Waals surface area contributed by atoms with Gasteiger partial charge in [0.05, 0.1) is 18.9 Å². The fourth-order valence-corrected chi connectivity index (χ4v) is 3.22. The summed E-state index contributed by atoms with van der Waals surface area (Å²) < 4.78 is 28.8. The molecule has 1 aliphatic rings. The molecule has 0 aromatic heterocycles. The van der Waals surface area contributed by atoms with Crippen LogP contribution in [0.25, 0.3) is 0 Å². The standard InChI is InChI=1S/C18H19N3O4S/c1-12(22)21-18(14-5-9-16(25-2)10-6-14)11-17(19-21)13-3-7-15(8-4-13)20-26(23)24/h3-10,18,20H,11H2,1-2H3,(H,23,24)/p-1. The zero-order valence-electron chi connectivity index (χ0n) is 14.3. The highest BCUT2D eigenvalue weighted by Crippen LogP contribution is 2.33. The average molecular weight is 372 g/mol. The zero-order valence-corrected chi connectivity index (χ0v) is 15.2. The van der Waals surface area contributed by atoms with Gasteiger partial charge < -0.3 is 14.0 Å². The van der Waals surface area contributed by atoms with Crippen molar-refractivity contribution >= 4 is 28.6 Å². The maximum Gasteiger partial charge on any atom is 0.240 e.